The topological polar surface area (TPSA) is 39.5 Å². The van der Waals surface area contributed by atoms with Crippen LogP contribution in [-0.2, 0) is 16.0 Å². The van der Waals surface area contributed by atoms with E-state index in [2.05, 4.69) is 35.5 Å². The van der Waals surface area contributed by atoms with Gasteiger partial charge in [-0.1, -0.05) is 10.8 Å². The second-order valence-corrected chi connectivity index (χ2v) is 7.67. The van der Waals surface area contributed by atoms with Crippen LogP contribution in [0, 0.1) is 0 Å². The van der Waals surface area contributed by atoms with Crippen molar-refractivity contribution in [2.24, 2.45) is 0 Å². The molecule has 20 heavy (non-hydrogen) atoms. The Morgan fingerprint density at radius 1 is 1.45 bits per heavy atom. The summed E-state index contributed by atoms with van der Waals surface area (Å²) in [5.74, 6) is 0.900. The highest BCUT2D eigenvalue weighted by atomic mass is 33.1. The van der Waals surface area contributed by atoms with Crippen molar-refractivity contribution in [2.75, 3.05) is 26.8 Å². The van der Waals surface area contributed by atoms with Crippen molar-refractivity contribution in [3.8, 4) is 5.88 Å². The number of hydrogen-bond acceptors (Lipinski definition) is 6. The predicted molar refractivity (Wildman–Crippen MR) is 83.5 cm³/mol. The molecule has 7 heteroatoms. The Bertz CT molecular complexity index is 486. The molecule has 1 aromatic heterocycles. The molecule has 1 fully saturated rings. The second kappa shape index (κ2) is 5.44. The lowest BCUT2D eigenvalue weighted by Gasteiger charge is -2.44. The van der Waals surface area contributed by atoms with Crippen molar-refractivity contribution in [1.82, 2.24) is 14.7 Å². The third-order valence-electron chi connectivity index (χ3n) is 4.19. The van der Waals surface area contributed by atoms with E-state index in [4.69, 9.17) is 9.47 Å². The first-order valence-corrected chi connectivity index (χ1v) is 8.70. The first-order valence-electron chi connectivity index (χ1n) is 6.83. The highest BCUT2D eigenvalue weighted by Crippen LogP contribution is 2.43. The maximum Gasteiger partial charge on any atom is 0.216 e. The van der Waals surface area contributed by atoms with Crippen LogP contribution < -0.4 is 4.74 Å². The third-order valence-corrected chi connectivity index (χ3v) is 6.24. The SMILES string of the molecule is COC1CN([C@H]2COc3c(C(C)(C)SS)cnn3C2)C1. The zero-order chi connectivity index (χ0) is 14.3. The van der Waals surface area contributed by atoms with E-state index in [1.165, 1.54) is 10.8 Å². The molecule has 1 atom stereocenters. The minimum atomic E-state index is -0.0958. The molecule has 0 amide bonds. The van der Waals surface area contributed by atoms with Crippen molar-refractivity contribution in [1.29, 1.82) is 0 Å². The van der Waals surface area contributed by atoms with Crippen molar-refractivity contribution in [3.63, 3.8) is 0 Å². The summed E-state index contributed by atoms with van der Waals surface area (Å²) in [5, 5.41) is 4.49. The number of likely N-dealkylation sites (tertiary alicyclic amines) is 1. The Kier molecular flexibility index (Phi) is 3.96. The molecule has 2 aliphatic rings. The first kappa shape index (κ1) is 14.6. The van der Waals surface area contributed by atoms with Crippen LogP contribution in [0.1, 0.15) is 19.4 Å². The van der Waals surface area contributed by atoms with E-state index in [0.717, 1.165) is 37.7 Å². The minimum absolute atomic E-state index is 0.0958. The number of aromatic nitrogens is 2. The molecule has 0 aromatic carbocycles. The predicted octanol–water partition coefficient (Wildman–Crippen LogP) is 1.79. The van der Waals surface area contributed by atoms with Gasteiger partial charge in [-0.05, 0) is 13.8 Å². The quantitative estimate of drug-likeness (QED) is 0.677. The lowest BCUT2D eigenvalue weighted by atomic mass is 10.1. The minimum Gasteiger partial charge on any atom is -0.476 e. The molecule has 0 spiro atoms. The van der Waals surface area contributed by atoms with E-state index in [1.807, 2.05) is 10.9 Å². The smallest absolute Gasteiger partial charge is 0.216 e. The monoisotopic (exact) mass is 315 g/mol. The van der Waals surface area contributed by atoms with Crippen LogP contribution in [0.15, 0.2) is 6.20 Å². The molecule has 0 N–H and O–H groups in total. The number of hydrogen-bond donors (Lipinski definition) is 1. The Labute approximate surface area is 128 Å². The maximum atomic E-state index is 5.99. The van der Waals surface area contributed by atoms with Crippen molar-refractivity contribution in [3.05, 3.63) is 11.8 Å². The van der Waals surface area contributed by atoms with Crippen molar-refractivity contribution in [2.45, 2.75) is 37.3 Å². The van der Waals surface area contributed by atoms with E-state index >= 15 is 0 Å². The lowest BCUT2D eigenvalue weighted by molar-refractivity contribution is -0.0685. The zero-order valence-corrected chi connectivity index (χ0v) is 13.8. The fraction of sp³-hybridized carbons (Fsp3) is 0.769. The molecule has 0 unspecified atom stereocenters. The van der Waals surface area contributed by atoms with E-state index < -0.39 is 0 Å². The van der Waals surface area contributed by atoms with Crippen LogP contribution in [-0.4, -0.2) is 53.6 Å². The second-order valence-electron chi connectivity index (χ2n) is 5.92. The summed E-state index contributed by atoms with van der Waals surface area (Å²) >= 11 is 4.35. The van der Waals surface area contributed by atoms with E-state index in [9.17, 15) is 0 Å². The lowest BCUT2D eigenvalue weighted by Crippen LogP contribution is -2.59. The molecule has 0 aliphatic carbocycles. The summed E-state index contributed by atoms with van der Waals surface area (Å²) in [6.45, 7) is 7.87. The van der Waals surface area contributed by atoms with Gasteiger partial charge in [0, 0.05) is 20.2 Å². The summed E-state index contributed by atoms with van der Waals surface area (Å²) in [7, 11) is 3.29. The molecular formula is C13H21N3O2S2. The molecule has 1 saturated heterocycles. The summed E-state index contributed by atoms with van der Waals surface area (Å²) in [6, 6.07) is 0.397. The highest BCUT2D eigenvalue weighted by molar-refractivity contribution is 8.69. The molecule has 0 bridgehead atoms. The molecule has 0 saturated carbocycles. The normalized spacial score (nSPS) is 24.1. The maximum absolute atomic E-state index is 5.99. The standard InChI is InChI=1S/C13H21N3O2S2/c1-13(2,20-19)11-4-14-16-5-9(8-18-12(11)16)15-6-10(7-15)17-3/h4,9-10,19H,5-8H2,1-3H3/t9-/m1/s1. The Morgan fingerprint density at radius 2 is 2.20 bits per heavy atom. The molecule has 1 aromatic rings. The summed E-state index contributed by atoms with van der Waals surface area (Å²) < 4.78 is 13.2. The van der Waals surface area contributed by atoms with E-state index in [0.29, 0.717) is 12.1 Å². The van der Waals surface area contributed by atoms with Gasteiger partial charge in [-0.3, -0.25) is 4.90 Å². The highest BCUT2D eigenvalue weighted by Gasteiger charge is 2.37. The molecule has 3 heterocycles. The van der Waals surface area contributed by atoms with Gasteiger partial charge in [0.15, 0.2) is 0 Å². The van der Waals surface area contributed by atoms with Crippen LogP contribution in [0.2, 0.25) is 0 Å². The fourth-order valence-electron chi connectivity index (χ4n) is 2.68. The summed E-state index contributed by atoms with van der Waals surface area (Å²) in [5.41, 5.74) is 1.12. The molecular weight excluding hydrogens is 294 g/mol. The van der Waals surface area contributed by atoms with E-state index in [-0.39, 0.29) is 4.75 Å². The number of rotatable bonds is 4. The van der Waals surface area contributed by atoms with Crippen molar-refractivity contribution >= 4 is 22.5 Å². The van der Waals surface area contributed by atoms with Crippen LogP contribution >= 0.6 is 22.5 Å². The number of thiol groups is 1. The molecule has 3 rings (SSSR count). The van der Waals surface area contributed by atoms with Crippen LogP contribution in [0.5, 0.6) is 5.88 Å². The van der Waals surface area contributed by atoms with Crippen LogP contribution in [0.4, 0.5) is 0 Å². The van der Waals surface area contributed by atoms with Gasteiger partial charge in [0.25, 0.3) is 0 Å². The summed E-state index contributed by atoms with van der Waals surface area (Å²) in [6.07, 6.45) is 2.29. The van der Waals surface area contributed by atoms with Gasteiger partial charge in [0.1, 0.15) is 6.61 Å². The largest absolute Gasteiger partial charge is 0.476 e. The van der Waals surface area contributed by atoms with Crippen molar-refractivity contribution < 1.29 is 9.47 Å². The van der Waals surface area contributed by atoms with Gasteiger partial charge in [-0.2, -0.15) is 5.10 Å². The summed E-state index contributed by atoms with van der Waals surface area (Å²) in [4.78, 5) is 2.40. The zero-order valence-electron chi connectivity index (χ0n) is 12.1. The van der Waals surface area contributed by atoms with Gasteiger partial charge >= 0.3 is 0 Å². The number of fused-ring (bicyclic) bond motifs is 1. The third kappa shape index (κ3) is 2.45. The van der Waals surface area contributed by atoms with Gasteiger partial charge in [0.2, 0.25) is 5.88 Å². The van der Waals surface area contributed by atoms with Gasteiger partial charge < -0.3 is 9.47 Å². The number of methoxy groups -OCH3 is 1. The molecule has 0 radical (unpaired) electrons. The molecule has 112 valence electrons. The first-order chi connectivity index (χ1) is 9.55. The van der Waals surface area contributed by atoms with Gasteiger partial charge in [-0.25, -0.2) is 4.68 Å². The average Bonchev–Trinajstić information content (AvgIpc) is 2.81. The fourth-order valence-corrected chi connectivity index (χ4v) is 3.22. The Morgan fingerprint density at radius 3 is 2.85 bits per heavy atom. The van der Waals surface area contributed by atoms with Gasteiger partial charge in [0.05, 0.1) is 35.2 Å². The average molecular weight is 315 g/mol. The Balaban J connectivity index is 1.71. The van der Waals surface area contributed by atoms with Gasteiger partial charge in [-0.15, -0.1) is 11.7 Å². The van der Waals surface area contributed by atoms with E-state index in [1.54, 1.807) is 7.11 Å². The van der Waals surface area contributed by atoms with Crippen LogP contribution in [0.3, 0.4) is 0 Å². The molecule has 5 nitrogen and oxygen atoms in total. The number of ether oxygens (including phenoxy) is 2. The number of nitrogens with zero attached hydrogens (tertiary/aromatic N) is 3. The Hall–Kier alpha value is -0.370. The molecule has 2 aliphatic heterocycles. The van der Waals surface area contributed by atoms with Crippen LogP contribution in [0.25, 0.3) is 0 Å².